The van der Waals surface area contributed by atoms with Gasteiger partial charge in [-0.2, -0.15) is 0 Å². The SMILES string of the molecule is COc1cccc(OCC2CCCCN2C)c1N. The predicted molar refractivity (Wildman–Crippen MR) is 73.2 cm³/mol. The molecule has 0 spiro atoms. The van der Waals surface area contributed by atoms with E-state index in [1.807, 2.05) is 18.2 Å². The Morgan fingerprint density at radius 1 is 1.33 bits per heavy atom. The highest BCUT2D eigenvalue weighted by molar-refractivity contribution is 5.62. The lowest BCUT2D eigenvalue weighted by molar-refractivity contribution is 0.125. The van der Waals surface area contributed by atoms with Crippen LogP contribution in [0.5, 0.6) is 11.5 Å². The van der Waals surface area contributed by atoms with Gasteiger partial charge in [-0.15, -0.1) is 0 Å². The Morgan fingerprint density at radius 2 is 2.11 bits per heavy atom. The molecule has 0 radical (unpaired) electrons. The fourth-order valence-electron chi connectivity index (χ4n) is 2.37. The van der Waals surface area contributed by atoms with Gasteiger partial charge >= 0.3 is 0 Å². The van der Waals surface area contributed by atoms with Gasteiger partial charge in [-0.25, -0.2) is 0 Å². The van der Waals surface area contributed by atoms with Crippen molar-refractivity contribution in [3.05, 3.63) is 18.2 Å². The summed E-state index contributed by atoms with van der Waals surface area (Å²) in [5.41, 5.74) is 6.56. The van der Waals surface area contributed by atoms with Crippen molar-refractivity contribution in [3.63, 3.8) is 0 Å². The second kappa shape index (κ2) is 5.96. The van der Waals surface area contributed by atoms with Gasteiger partial charge in [0, 0.05) is 6.04 Å². The van der Waals surface area contributed by atoms with Crippen LogP contribution in [0.3, 0.4) is 0 Å². The summed E-state index contributed by atoms with van der Waals surface area (Å²) in [5.74, 6) is 1.39. The van der Waals surface area contributed by atoms with Gasteiger partial charge in [0.2, 0.25) is 0 Å². The van der Waals surface area contributed by atoms with Crippen LogP contribution in [0.15, 0.2) is 18.2 Å². The number of nitrogens with two attached hydrogens (primary N) is 1. The summed E-state index contributed by atoms with van der Waals surface area (Å²) >= 11 is 0. The van der Waals surface area contributed by atoms with E-state index in [4.69, 9.17) is 15.2 Å². The number of anilines is 1. The third kappa shape index (κ3) is 2.88. The summed E-state index contributed by atoms with van der Waals surface area (Å²) in [6.07, 6.45) is 3.76. The standard InChI is InChI=1S/C14H22N2O2/c1-16-9-4-3-6-11(16)10-18-13-8-5-7-12(17-2)14(13)15/h5,7-8,11H,3-4,6,9-10,15H2,1-2H3. The van der Waals surface area contributed by atoms with E-state index in [-0.39, 0.29) is 0 Å². The van der Waals surface area contributed by atoms with Gasteiger partial charge in [0.05, 0.1) is 7.11 Å². The van der Waals surface area contributed by atoms with Crippen LogP contribution >= 0.6 is 0 Å². The Hall–Kier alpha value is -1.42. The van der Waals surface area contributed by atoms with Crippen molar-refractivity contribution in [1.82, 2.24) is 4.90 Å². The van der Waals surface area contributed by atoms with Crippen LogP contribution in [-0.4, -0.2) is 38.3 Å². The first-order valence-electron chi connectivity index (χ1n) is 6.48. The van der Waals surface area contributed by atoms with E-state index >= 15 is 0 Å². The van der Waals surface area contributed by atoms with Gasteiger partial charge in [-0.1, -0.05) is 12.5 Å². The van der Waals surface area contributed by atoms with Crippen LogP contribution < -0.4 is 15.2 Å². The van der Waals surface area contributed by atoms with Crippen molar-refractivity contribution in [2.75, 3.05) is 33.0 Å². The molecule has 0 aromatic heterocycles. The number of likely N-dealkylation sites (N-methyl/N-ethyl adjacent to an activating group) is 1. The summed E-state index contributed by atoms with van der Waals surface area (Å²) < 4.78 is 11.0. The van der Waals surface area contributed by atoms with Crippen molar-refractivity contribution in [3.8, 4) is 11.5 Å². The number of para-hydroxylation sites is 1. The first kappa shape index (κ1) is 13.0. The number of hydrogen-bond donors (Lipinski definition) is 1. The molecule has 1 unspecified atom stereocenters. The molecule has 0 aliphatic carbocycles. The van der Waals surface area contributed by atoms with Crippen molar-refractivity contribution in [1.29, 1.82) is 0 Å². The van der Waals surface area contributed by atoms with Crippen LogP contribution in [0.1, 0.15) is 19.3 Å². The lowest BCUT2D eigenvalue weighted by atomic mass is 10.0. The molecule has 18 heavy (non-hydrogen) atoms. The number of nitrogens with zero attached hydrogens (tertiary/aromatic N) is 1. The molecule has 1 aromatic carbocycles. The minimum atomic E-state index is 0.490. The minimum Gasteiger partial charge on any atom is -0.494 e. The highest BCUT2D eigenvalue weighted by Crippen LogP contribution is 2.31. The number of rotatable bonds is 4. The predicted octanol–water partition coefficient (Wildman–Crippen LogP) is 2.14. The summed E-state index contributed by atoms with van der Waals surface area (Å²) in [6, 6.07) is 6.12. The third-order valence-electron chi connectivity index (χ3n) is 3.60. The van der Waals surface area contributed by atoms with Gasteiger partial charge in [-0.3, -0.25) is 0 Å². The monoisotopic (exact) mass is 250 g/mol. The van der Waals surface area contributed by atoms with Crippen LogP contribution in [0.4, 0.5) is 5.69 Å². The molecule has 100 valence electrons. The number of likely N-dealkylation sites (tertiary alicyclic amines) is 1. The molecular weight excluding hydrogens is 228 g/mol. The number of nitrogen functional groups attached to an aromatic ring is 1. The molecule has 4 nitrogen and oxygen atoms in total. The van der Waals surface area contributed by atoms with Gasteiger partial charge in [-0.05, 0) is 38.6 Å². The maximum Gasteiger partial charge on any atom is 0.146 e. The van der Waals surface area contributed by atoms with Crippen molar-refractivity contribution in [2.45, 2.75) is 25.3 Å². The van der Waals surface area contributed by atoms with E-state index in [9.17, 15) is 0 Å². The molecule has 2 N–H and O–H groups in total. The zero-order valence-electron chi connectivity index (χ0n) is 11.2. The fourth-order valence-corrected chi connectivity index (χ4v) is 2.37. The summed E-state index contributed by atoms with van der Waals surface area (Å²) in [4.78, 5) is 2.36. The number of hydrogen-bond acceptors (Lipinski definition) is 4. The normalized spacial score (nSPS) is 20.7. The molecule has 1 aromatic rings. The van der Waals surface area contributed by atoms with Crippen LogP contribution in [0.2, 0.25) is 0 Å². The molecule has 1 aliphatic heterocycles. The molecular formula is C14H22N2O2. The molecule has 1 saturated heterocycles. The number of methoxy groups -OCH3 is 1. The summed E-state index contributed by atoms with van der Waals surface area (Å²) in [7, 11) is 3.77. The van der Waals surface area contributed by atoms with E-state index in [0.717, 1.165) is 6.54 Å². The molecule has 0 saturated carbocycles. The summed E-state index contributed by atoms with van der Waals surface area (Å²) in [6.45, 7) is 1.84. The Bertz CT molecular complexity index is 395. The molecule has 4 heteroatoms. The lowest BCUT2D eigenvalue weighted by Crippen LogP contribution is -2.40. The second-order valence-electron chi connectivity index (χ2n) is 4.81. The highest BCUT2D eigenvalue weighted by Gasteiger charge is 2.19. The van der Waals surface area contributed by atoms with Gasteiger partial charge in [0.25, 0.3) is 0 Å². The average molecular weight is 250 g/mol. The first-order valence-corrected chi connectivity index (χ1v) is 6.48. The lowest BCUT2D eigenvalue weighted by Gasteiger charge is -2.32. The van der Waals surface area contributed by atoms with Crippen molar-refractivity contribution in [2.24, 2.45) is 0 Å². The average Bonchev–Trinajstić information content (AvgIpc) is 2.39. The van der Waals surface area contributed by atoms with Crippen LogP contribution in [0, 0.1) is 0 Å². The van der Waals surface area contributed by atoms with E-state index < -0.39 is 0 Å². The fraction of sp³-hybridized carbons (Fsp3) is 0.571. The topological polar surface area (TPSA) is 47.7 Å². The van der Waals surface area contributed by atoms with Gasteiger partial charge in [0.1, 0.15) is 23.8 Å². The number of ether oxygens (including phenoxy) is 2. The molecule has 1 aliphatic rings. The van der Waals surface area contributed by atoms with E-state index in [2.05, 4.69) is 11.9 Å². The third-order valence-corrected chi connectivity index (χ3v) is 3.60. The number of benzene rings is 1. The Morgan fingerprint density at radius 3 is 2.83 bits per heavy atom. The Kier molecular flexibility index (Phi) is 4.31. The molecule has 2 rings (SSSR count). The Balaban J connectivity index is 1.97. The van der Waals surface area contributed by atoms with Crippen LogP contribution in [-0.2, 0) is 0 Å². The highest BCUT2D eigenvalue weighted by atomic mass is 16.5. The molecule has 1 heterocycles. The first-order chi connectivity index (χ1) is 8.72. The molecule has 1 atom stereocenters. The molecule has 1 fully saturated rings. The van der Waals surface area contributed by atoms with Gasteiger partial charge in [0.15, 0.2) is 0 Å². The largest absolute Gasteiger partial charge is 0.494 e. The molecule has 0 amide bonds. The van der Waals surface area contributed by atoms with Crippen molar-refractivity contribution < 1.29 is 9.47 Å². The Labute approximate surface area is 109 Å². The minimum absolute atomic E-state index is 0.490. The second-order valence-corrected chi connectivity index (χ2v) is 4.81. The molecule has 0 bridgehead atoms. The number of piperidine rings is 1. The maximum absolute atomic E-state index is 5.98. The van der Waals surface area contributed by atoms with Crippen LogP contribution in [0.25, 0.3) is 0 Å². The van der Waals surface area contributed by atoms with E-state index in [0.29, 0.717) is 29.8 Å². The summed E-state index contributed by atoms with van der Waals surface area (Å²) in [5, 5.41) is 0. The maximum atomic E-state index is 5.98. The smallest absolute Gasteiger partial charge is 0.146 e. The van der Waals surface area contributed by atoms with Crippen molar-refractivity contribution >= 4 is 5.69 Å². The quantitative estimate of drug-likeness (QED) is 0.832. The van der Waals surface area contributed by atoms with E-state index in [1.54, 1.807) is 7.11 Å². The van der Waals surface area contributed by atoms with E-state index in [1.165, 1.54) is 19.3 Å². The zero-order valence-corrected chi connectivity index (χ0v) is 11.2. The zero-order chi connectivity index (χ0) is 13.0. The van der Waals surface area contributed by atoms with Gasteiger partial charge < -0.3 is 20.1 Å².